The largest absolute Gasteiger partial charge is 0.495 e. The number of methoxy groups -OCH3 is 1. The highest BCUT2D eigenvalue weighted by molar-refractivity contribution is 7.89. The van der Waals surface area contributed by atoms with Crippen molar-refractivity contribution in [3.63, 3.8) is 0 Å². The van der Waals surface area contributed by atoms with Crippen molar-refractivity contribution in [1.82, 2.24) is 4.31 Å². The third-order valence-corrected chi connectivity index (χ3v) is 5.73. The zero-order valence-corrected chi connectivity index (χ0v) is 14.4. The minimum absolute atomic E-state index is 0.125. The van der Waals surface area contributed by atoms with Crippen LogP contribution in [-0.2, 0) is 16.6 Å². The van der Waals surface area contributed by atoms with E-state index in [4.69, 9.17) is 27.9 Å². The monoisotopic (exact) mass is 359 g/mol. The molecule has 0 aliphatic carbocycles. The van der Waals surface area contributed by atoms with Crippen LogP contribution in [0, 0.1) is 0 Å². The molecule has 0 saturated carbocycles. The summed E-state index contributed by atoms with van der Waals surface area (Å²) in [5, 5.41) is 0.822. The molecule has 118 valence electrons. The van der Waals surface area contributed by atoms with Crippen LogP contribution in [0.15, 0.2) is 47.4 Å². The van der Waals surface area contributed by atoms with Crippen LogP contribution in [0.3, 0.4) is 0 Å². The van der Waals surface area contributed by atoms with E-state index in [1.807, 2.05) is 0 Å². The van der Waals surface area contributed by atoms with E-state index in [1.54, 1.807) is 36.4 Å². The first-order valence-corrected chi connectivity index (χ1v) is 8.59. The van der Waals surface area contributed by atoms with Gasteiger partial charge in [0.15, 0.2) is 0 Å². The topological polar surface area (TPSA) is 46.6 Å². The maximum atomic E-state index is 12.7. The molecule has 0 aliphatic heterocycles. The van der Waals surface area contributed by atoms with Crippen molar-refractivity contribution in [2.75, 3.05) is 14.2 Å². The second kappa shape index (κ2) is 6.87. The van der Waals surface area contributed by atoms with Gasteiger partial charge in [-0.3, -0.25) is 0 Å². The molecule has 0 saturated heterocycles. The summed E-state index contributed by atoms with van der Waals surface area (Å²) < 4.78 is 31.7. The maximum Gasteiger partial charge on any atom is 0.246 e. The van der Waals surface area contributed by atoms with Crippen LogP contribution in [0.5, 0.6) is 5.75 Å². The first-order chi connectivity index (χ1) is 10.4. The molecule has 0 bridgehead atoms. The van der Waals surface area contributed by atoms with Crippen LogP contribution >= 0.6 is 23.2 Å². The Morgan fingerprint density at radius 3 is 2.41 bits per heavy atom. The minimum Gasteiger partial charge on any atom is -0.495 e. The van der Waals surface area contributed by atoms with E-state index in [0.717, 1.165) is 5.56 Å². The van der Waals surface area contributed by atoms with Crippen molar-refractivity contribution >= 4 is 33.2 Å². The highest BCUT2D eigenvalue weighted by atomic mass is 35.5. The number of ether oxygens (including phenoxy) is 1. The summed E-state index contributed by atoms with van der Waals surface area (Å²) in [5.74, 6) is 0.309. The first kappa shape index (κ1) is 17.1. The van der Waals surface area contributed by atoms with Crippen LogP contribution in [0.2, 0.25) is 10.0 Å². The van der Waals surface area contributed by atoms with Crippen molar-refractivity contribution in [3.05, 3.63) is 58.1 Å². The van der Waals surface area contributed by atoms with E-state index in [0.29, 0.717) is 15.8 Å². The van der Waals surface area contributed by atoms with Gasteiger partial charge >= 0.3 is 0 Å². The van der Waals surface area contributed by atoms with Crippen LogP contribution in [-0.4, -0.2) is 26.9 Å². The molecule has 0 heterocycles. The number of hydrogen-bond donors (Lipinski definition) is 0. The van der Waals surface area contributed by atoms with Gasteiger partial charge in [-0.1, -0.05) is 41.4 Å². The van der Waals surface area contributed by atoms with Gasteiger partial charge in [-0.2, -0.15) is 4.31 Å². The fourth-order valence-electron chi connectivity index (χ4n) is 1.98. The SMILES string of the molecule is COc1ccccc1S(=O)(=O)N(C)Cc1ccc(Cl)c(Cl)c1. The molecule has 0 unspecified atom stereocenters. The lowest BCUT2D eigenvalue weighted by Gasteiger charge is -2.19. The van der Waals surface area contributed by atoms with Gasteiger partial charge in [-0.15, -0.1) is 0 Å². The highest BCUT2D eigenvalue weighted by Gasteiger charge is 2.24. The Morgan fingerprint density at radius 1 is 1.09 bits per heavy atom. The van der Waals surface area contributed by atoms with Gasteiger partial charge < -0.3 is 4.74 Å². The third-order valence-electron chi connectivity index (χ3n) is 3.15. The molecule has 0 aromatic heterocycles. The fourth-order valence-corrected chi connectivity index (χ4v) is 3.61. The number of halogens is 2. The van der Waals surface area contributed by atoms with E-state index in [-0.39, 0.29) is 11.4 Å². The van der Waals surface area contributed by atoms with Crippen LogP contribution in [0.1, 0.15) is 5.56 Å². The summed E-state index contributed by atoms with van der Waals surface area (Å²) in [4.78, 5) is 0.125. The van der Waals surface area contributed by atoms with Crippen molar-refractivity contribution < 1.29 is 13.2 Å². The van der Waals surface area contributed by atoms with Gasteiger partial charge in [0.1, 0.15) is 10.6 Å². The summed E-state index contributed by atoms with van der Waals surface area (Å²) in [5.41, 5.74) is 0.746. The summed E-state index contributed by atoms with van der Waals surface area (Å²) in [7, 11) is -0.729. The summed E-state index contributed by atoms with van der Waals surface area (Å²) >= 11 is 11.8. The summed E-state index contributed by atoms with van der Waals surface area (Å²) in [6.07, 6.45) is 0. The van der Waals surface area contributed by atoms with E-state index in [2.05, 4.69) is 0 Å². The highest BCUT2D eigenvalue weighted by Crippen LogP contribution is 2.28. The number of rotatable bonds is 5. The van der Waals surface area contributed by atoms with E-state index >= 15 is 0 Å². The lowest BCUT2D eigenvalue weighted by molar-refractivity contribution is 0.397. The Morgan fingerprint density at radius 2 is 1.77 bits per heavy atom. The molecule has 4 nitrogen and oxygen atoms in total. The van der Waals surface area contributed by atoms with Crippen molar-refractivity contribution in [1.29, 1.82) is 0 Å². The van der Waals surface area contributed by atoms with Gasteiger partial charge in [0.05, 0.1) is 17.2 Å². The van der Waals surface area contributed by atoms with Gasteiger partial charge in [-0.25, -0.2) is 8.42 Å². The molecule has 22 heavy (non-hydrogen) atoms. The standard InChI is InChI=1S/C15H15Cl2NO3S/c1-18(10-11-7-8-12(16)13(17)9-11)22(19,20)15-6-4-3-5-14(15)21-2/h3-9H,10H2,1-2H3. The molecule has 0 fully saturated rings. The number of nitrogens with zero attached hydrogens (tertiary/aromatic N) is 1. The fraction of sp³-hybridized carbons (Fsp3) is 0.200. The summed E-state index contributed by atoms with van der Waals surface area (Å²) in [6.45, 7) is 0.178. The molecular formula is C15H15Cl2NO3S. The van der Waals surface area contributed by atoms with Gasteiger partial charge in [0, 0.05) is 13.6 Å². The minimum atomic E-state index is -3.67. The summed E-state index contributed by atoms with van der Waals surface area (Å²) in [6, 6.07) is 11.5. The molecule has 0 spiro atoms. The number of para-hydroxylation sites is 1. The molecule has 2 aromatic carbocycles. The average molecular weight is 360 g/mol. The second-order valence-electron chi connectivity index (χ2n) is 4.66. The van der Waals surface area contributed by atoms with Crippen molar-refractivity contribution in [2.24, 2.45) is 0 Å². The normalized spacial score (nSPS) is 11.7. The lowest BCUT2D eigenvalue weighted by Crippen LogP contribution is -2.26. The van der Waals surface area contributed by atoms with Crippen molar-refractivity contribution in [2.45, 2.75) is 11.4 Å². The van der Waals surface area contributed by atoms with Gasteiger partial charge in [0.25, 0.3) is 0 Å². The number of benzene rings is 2. The van der Waals surface area contributed by atoms with Crippen LogP contribution in [0.4, 0.5) is 0 Å². The molecule has 0 amide bonds. The molecule has 0 N–H and O–H groups in total. The smallest absolute Gasteiger partial charge is 0.246 e. The number of hydrogen-bond acceptors (Lipinski definition) is 3. The molecule has 2 aromatic rings. The molecule has 7 heteroatoms. The zero-order chi connectivity index (χ0) is 16.3. The Hall–Kier alpha value is -1.27. The van der Waals surface area contributed by atoms with E-state index in [1.165, 1.54) is 24.5 Å². The Kier molecular flexibility index (Phi) is 5.34. The third kappa shape index (κ3) is 3.55. The number of sulfonamides is 1. The quantitative estimate of drug-likeness (QED) is 0.814. The maximum absolute atomic E-state index is 12.7. The molecule has 2 rings (SSSR count). The Labute approximate surface area is 140 Å². The van der Waals surface area contributed by atoms with Crippen LogP contribution < -0.4 is 4.74 Å². The van der Waals surface area contributed by atoms with E-state index < -0.39 is 10.0 Å². The van der Waals surface area contributed by atoms with Gasteiger partial charge in [-0.05, 0) is 29.8 Å². The van der Waals surface area contributed by atoms with E-state index in [9.17, 15) is 8.42 Å². The Balaban J connectivity index is 2.31. The first-order valence-electron chi connectivity index (χ1n) is 6.39. The predicted molar refractivity (Wildman–Crippen MR) is 88.1 cm³/mol. The molecule has 0 aliphatic rings. The van der Waals surface area contributed by atoms with Gasteiger partial charge in [0.2, 0.25) is 10.0 Å². The molecule has 0 radical (unpaired) electrons. The van der Waals surface area contributed by atoms with Crippen molar-refractivity contribution in [3.8, 4) is 5.75 Å². The second-order valence-corrected chi connectivity index (χ2v) is 7.49. The molecular weight excluding hydrogens is 345 g/mol. The average Bonchev–Trinajstić information content (AvgIpc) is 2.50. The Bertz CT molecular complexity index is 778. The van der Waals surface area contributed by atoms with Crippen LogP contribution in [0.25, 0.3) is 0 Å². The predicted octanol–water partition coefficient (Wildman–Crippen LogP) is 3.82. The zero-order valence-electron chi connectivity index (χ0n) is 12.1. The lowest BCUT2D eigenvalue weighted by atomic mass is 10.2. The molecule has 0 atom stereocenters.